The summed E-state index contributed by atoms with van der Waals surface area (Å²) in [5, 5.41) is 0. The fraction of sp³-hybridized carbons (Fsp3) is 0.371. The van der Waals surface area contributed by atoms with E-state index in [0.717, 1.165) is 11.1 Å². The molecule has 0 unspecified atom stereocenters. The molecule has 2 aliphatic rings. The lowest BCUT2D eigenvalue weighted by Gasteiger charge is -2.37. The van der Waals surface area contributed by atoms with Crippen molar-refractivity contribution < 1.29 is 40.9 Å². The molecule has 4 atom stereocenters. The lowest BCUT2D eigenvalue weighted by molar-refractivity contribution is -0.0928. The highest BCUT2D eigenvalue weighted by atomic mass is 32.2. The number of fused-ring (bicyclic) bond motifs is 3. The molecule has 1 saturated heterocycles. The molecule has 3 heterocycles. The highest BCUT2D eigenvalue weighted by Gasteiger charge is 2.44. The van der Waals surface area contributed by atoms with Crippen LogP contribution in [0, 0.1) is 6.92 Å². The Balaban J connectivity index is 1.52. The molecule has 3 aromatic carbocycles. The van der Waals surface area contributed by atoms with E-state index < -0.39 is 53.7 Å². The molecule has 50 heavy (non-hydrogen) atoms. The van der Waals surface area contributed by atoms with Crippen LogP contribution in [0.2, 0.25) is 0 Å². The second-order valence-electron chi connectivity index (χ2n) is 12.0. The van der Waals surface area contributed by atoms with Gasteiger partial charge in [0.1, 0.15) is 29.4 Å². The number of hydrogen-bond donors (Lipinski definition) is 1. The van der Waals surface area contributed by atoms with Gasteiger partial charge in [-0.05, 0) is 53.4 Å². The van der Waals surface area contributed by atoms with Crippen LogP contribution in [0.3, 0.4) is 0 Å². The molecular formula is C35H39N2O11PS. The molecule has 266 valence electrons. The second-order valence-corrected chi connectivity index (χ2v) is 15.4. The van der Waals surface area contributed by atoms with E-state index in [2.05, 4.69) is 4.98 Å². The summed E-state index contributed by atoms with van der Waals surface area (Å²) in [6.07, 6.45) is -0.692. The first-order valence-electron chi connectivity index (χ1n) is 15.9. The molecule has 6 rings (SSSR count). The van der Waals surface area contributed by atoms with E-state index in [1.54, 1.807) is 27.2 Å². The highest BCUT2D eigenvalue weighted by Crippen LogP contribution is 2.47. The van der Waals surface area contributed by atoms with Crippen LogP contribution < -0.4 is 20.7 Å². The fourth-order valence-electron chi connectivity index (χ4n) is 6.22. The maximum atomic E-state index is 13.3. The average molecular weight is 727 g/mol. The maximum Gasteiger partial charge on any atom is 0.332 e. The average Bonchev–Trinajstić information content (AvgIpc) is 3.51. The van der Waals surface area contributed by atoms with Gasteiger partial charge in [-0.2, -0.15) is 0 Å². The van der Waals surface area contributed by atoms with Gasteiger partial charge >= 0.3 is 14.3 Å². The monoisotopic (exact) mass is 726 g/mol. The van der Waals surface area contributed by atoms with E-state index in [-0.39, 0.29) is 31.1 Å². The molecule has 1 N–H and O–H groups in total. The molecule has 13 nitrogen and oxygen atoms in total. The minimum absolute atomic E-state index is 0.0499. The van der Waals surface area contributed by atoms with E-state index in [1.165, 1.54) is 17.9 Å². The number of benzene rings is 3. The van der Waals surface area contributed by atoms with E-state index in [1.807, 2.05) is 66.7 Å². The van der Waals surface area contributed by atoms with Crippen LogP contribution in [-0.2, 0) is 44.2 Å². The van der Waals surface area contributed by atoms with Gasteiger partial charge in [0.2, 0.25) is 0 Å². The van der Waals surface area contributed by atoms with E-state index >= 15 is 0 Å². The van der Waals surface area contributed by atoms with Gasteiger partial charge in [0.05, 0.1) is 45.0 Å². The molecule has 0 spiro atoms. The molecule has 1 aromatic heterocycles. The van der Waals surface area contributed by atoms with Crippen LogP contribution in [0.25, 0.3) is 0 Å². The molecular weight excluding hydrogens is 687 g/mol. The van der Waals surface area contributed by atoms with Crippen molar-refractivity contribution in [2.75, 3.05) is 40.3 Å². The summed E-state index contributed by atoms with van der Waals surface area (Å²) in [5.41, 5.74) is 0.608. The van der Waals surface area contributed by atoms with Crippen molar-refractivity contribution in [1.29, 1.82) is 0 Å². The summed E-state index contributed by atoms with van der Waals surface area (Å²) in [5.74, 6) is 0.794. The number of aromatic amines is 1. The summed E-state index contributed by atoms with van der Waals surface area (Å²) >= 11 is 0. The van der Waals surface area contributed by atoms with E-state index in [9.17, 15) is 18.0 Å². The van der Waals surface area contributed by atoms with Crippen molar-refractivity contribution in [2.24, 2.45) is 0 Å². The largest absolute Gasteiger partial charge is 0.497 e. The molecule has 0 radical (unpaired) electrons. The maximum absolute atomic E-state index is 13.3. The Hall–Kier alpha value is -3.88. The molecule has 0 aliphatic carbocycles. The van der Waals surface area contributed by atoms with Crippen molar-refractivity contribution in [3.05, 3.63) is 128 Å². The SMILES string of the molecule is COc1ccc(C2(c3ccc(OC)cc3)OC[C@H]3O[C@@H](n4cc(C)c(=O)[nH]c4=O)C[C@@H]3O[P@@](OC)OCCS(=O)(=O)Cc3cccc2c3)cc1. The number of sulfone groups is 1. The summed E-state index contributed by atoms with van der Waals surface area (Å²) in [6, 6.07) is 22.2. The lowest BCUT2D eigenvalue weighted by Crippen LogP contribution is -2.38. The third-order valence-electron chi connectivity index (χ3n) is 8.78. The Morgan fingerprint density at radius 3 is 2.18 bits per heavy atom. The van der Waals surface area contributed by atoms with Crippen LogP contribution in [0.15, 0.2) is 88.6 Å². The predicted octanol–water partition coefficient (Wildman–Crippen LogP) is 4.36. The lowest BCUT2D eigenvalue weighted by atomic mass is 9.79. The number of ether oxygens (including phenoxy) is 4. The summed E-state index contributed by atoms with van der Waals surface area (Å²) in [7, 11) is -1.06. The molecule has 0 amide bonds. The van der Waals surface area contributed by atoms with Crippen LogP contribution in [-0.4, -0.2) is 70.5 Å². The number of rotatable bonds is 6. The van der Waals surface area contributed by atoms with Gasteiger partial charge in [-0.3, -0.25) is 14.3 Å². The zero-order valence-corrected chi connectivity index (χ0v) is 29.8. The molecule has 4 aromatic rings. The molecule has 2 bridgehead atoms. The fourth-order valence-corrected chi connectivity index (χ4v) is 8.45. The number of nitrogens with zero attached hydrogens (tertiary/aromatic N) is 1. The molecule has 2 aliphatic heterocycles. The van der Waals surface area contributed by atoms with Crippen LogP contribution in [0.5, 0.6) is 11.5 Å². The second kappa shape index (κ2) is 15.2. The first kappa shape index (κ1) is 35.9. The van der Waals surface area contributed by atoms with Crippen molar-refractivity contribution in [3.63, 3.8) is 0 Å². The van der Waals surface area contributed by atoms with Gasteiger partial charge in [0.25, 0.3) is 5.56 Å². The zero-order chi connectivity index (χ0) is 35.5. The number of aromatic nitrogens is 2. The number of hydrogen-bond acceptors (Lipinski definition) is 11. The smallest absolute Gasteiger partial charge is 0.332 e. The third-order valence-corrected chi connectivity index (χ3v) is 11.5. The van der Waals surface area contributed by atoms with Crippen molar-refractivity contribution >= 4 is 18.4 Å². The van der Waals surface area contributed by atoms with Gasteiger partial charge < -0.3 is 32.5 Å². The number of methoxy groups -OCH3 is 2. The Kier molecular flexibility index (Phi) is 10.9. The third kappa shape index (κ3) is 7.57. The van der Waals surface area contributed by atoms with Crippen LogP contribution in [0.4, 0.5) is 0 Å². The standard InChI is InChI=1S/C35H39N2O11PS/c1-23-20-37(34(39)36-33(23)38)32-19-30-31(47-32)21-45-35(25-8-12-28(42-2)13-9-25,26-10-14-29(43-3)15-11-26)27-7-5-6-24(18-27)22-50(40,41)17-16-46-49(44-4)48-30/h5-15,18,20,30-32H,16-17,19,21-22H2,1-4H3,(H,36,38,39)/t30-,31+,32+,49-/m0/s1. The molecule has 1 fully saturated rings. The van der Waals surface area contributed by atoms with Crippen molar-refractivity contribution in [1.82, 2.24) is 9.55 Å². The summed E-state index contributed by atoms with van der Waals surface area (Å²) in [6.45, 7) is 1.40. The number of H-pyrrole nitrogens is 1. The first-order chi connectivity index (χ1) is 24.0. The minimum Gasteiger partial charge on any atom is -0.497 e. The zero-order valence-electron chi connectivity index (χ0n) is 28.1. The van der Waals surface area contributed by atoms with Crippen molar-refractivity contribution in [3.8, 4) is 11.5 Å². The summed E-state index contributed by atoms with van der Waals surface area (Å²) < 4.78 is 70.1. The van der Waals surface area contributed by atoms with Gasteiger partial charge in [-0.15, -0.1) is 0 Å². The summed E-state index contributed by atoms with van der Waals surface area (Å²) in [4.78, 5) is 27.4. The Morgan fingerprint density at radius 1 is 0.900 bits per heavy atom. The normalized spacial score (nSPS) is 23.6. The molecule has 0 saturated carbocycles. The predicted molar refractivity (Wildman–Crippen MR) is 185 cm³/mol. The van der Waals surface area contributed by atoms with E-state index in [0.29, 0.717) is 28.2 Å². The Bertz CT molecular complexity index is 1970. The Morgan fingerprint density at radius 2 is 1.56 bits per heavy atom. The topological polar surface area (TPSA) is 154 Å². The van der Waals surface area contributed by atoms with Crippen molar-refractivity contribution in [2.45, 2.75) is 43.1 Å². The first-order valence-corrected chi connectivity index (χ1v) is 18.8. The number of nitrogens with one attached hydrogen (secondary N) is 1. The van der Waals surface area contributed by atoms with Gasteiger partial charge in [0, 0.05) is 25.3 Å². The Labute approximate surface area is 290 Å². The minimum atomic E-state index is -3.62. The highest BCUT2D eigenvalue weighted by molar-refractivity contribution is 7.90. The van der Waals surface area contributed by atoms with Gasteiger partial charge in [-0.1, -0.05) is 48.5 Å². The van der Waals surface area contributed by atoms with Crippen LogP contribution >= 0.6 is 8.60 Å². The number of aryl methyl sites for hydroxylation is 1. The van der Waals surface area contributed by atoms with Crippen LogP contribution in [0.1, 0.15) is 40.5 Å². The van der Waals surface area contributed by atoms with Gasteiger partial charge in [-0.25, -0.2) is 13.2 Å². The molecule has 15 heteroatoms. The quantitative estimate of drug-likeness (QED) is 0.282. The van der Waals surface area contributed by atoms with Gasteiger partial charge in [0.15, 0.2) is 9.84 Å². The van der Waals surface area contributed by atoms with E-state index in [4.69, 9.17) is 32.5 Å².